The molecule has 0 aromatic rings. The van der Waals surface area contributed by atoms with Crippen LogP contribution in [0.25, 0.3) is 0 Å². The first-order valence-corrected chi connectivity index (χ1v) is 6.92. The van der Waals surface area contributed by atoms with Gasteiger partial charge in [-0.1, -0.05) is 13.8 Å². The molecule has 16 heavy (non-hydrogen) atoms. The van der Waals surface area contributed by atoms with Crippen LogP contribution in [-0.4, -0.2) is 54.6 Å². The highest BCUT2D eigenvalue weighted by Gasteiger charge is 2.30. The van der Waals surface area contributed by atoms with Crippen molar-refractivity contribution in [1.29, 1.82) is 0 Å². The number of rotatable bonds is 2. The van der Waals surface area contributed by atoms with Crippen LogP contribution in [0.15, 0.2) is 0 Å². The Balaban J connectivity index is 1.87. The smallest absolute Gasteiger partial charge is 0.0223 e. The molecule has 3 nitrogen and oxygen atoms in total. The fraction of sp³-hybridized carbons (Fsp3) is 1.00. The molecule has 0 aromatic heterocycles. The SMILES string of the molecule is CCN1CCCC(N2CCC(N)C(C)C2)C1. The fourth-order valence-corrected chi connectivity index (χ4v) is 3.14. The number of likely N-dealkylation sites (tertiary alicyclic amines) is 2. The Kier molecular flexibility index (Phi) is 4.22. The monoisotopic (exact) mass is 225 g/mol. The largest absolute Gasteiger partial charge is 0.327 e. The van der Waals surface area contributed by atoms with E-state index in [1.165, 1.54) is 52.0 Å². The summed E-state index contributed by atoms with van der Waals surface area (Å²) in [6.45, 7) is 10.8. The standard InChI is InChI=1S/C13H27N3/c1-3-15-7-4-5-12(10-15)16-8-6-13(14)11(2)9-16/h11-13H,3-10,14H2,1-2H3. The minimum atomic E-state index is 0.433. The van der Waals surface area contributed by atoms with Crippen LogP contribution in [-0.2, 0) is 0 Å². The molecule has 0 aromatic carbocycles. The van der Waals surface area contributed by atoms with Crippen molar-refractivity contribution < 1.29 is 0 Å². The van der Waals surface area contributed by atoms with E-state index in [1.54, 1.807) is 0 Å². The summed E-state index contributed by atoms with van der Waals surface area (Å²) in [6, 6.07) is 1.23. The summed E-state index contributed by atoms with van der Waals surface area (Å²) in [5, 5.41) is 0. The Morgan fingerprint density at radius 1 is 1.19 bits per heavy atom. The molecular formula is C13H27N3. The molecular weight excluding hydrogens is 198 g/mol. The molecule has 0 aliphatic carbocycles. The lowest BCUT2D eigenvalue weighted by atomic mass is 9.92. The van der Waals surface area contributed by atoms with E-state index in [9.17, 15) is 0 Å². The molecule has 3 unspecified atom stereocenters. The molecule has 2 rings (SSSR count). The molecule has 0 bridgehead atoms. The zero-order chi connectivity index (χ0) is 11.5. The van der Waals surface area contributed by atoms with Crippen LogP contribution in [0.5, 0.6) is 0 Å². The quantitative estimate of drug-likeness (QED) is 0.765. The lowest BCUT2D eigenvalue weighted by molar-refractivity contribution is 0.0617. The van der Waals surface area contributed by atoms with Gasteiger partial charge in [-0.3, -0.25) is 4.90 Å². The molecule has 3 atom stereocenters. The lowest BCUT2D eigenvalue weighted by Gasteiger charge is -2.43. The minimum absolute atomic E-state index is 0.433. The second-order valence-corrected chi connectivity index (χ2v) is 5.61. The van der Waals surface area contributed by atoms with Gasteiger partial charge >= 0.3 is 0 Å². The topological polar surface area (TPSA) is 32.5 Å². The second kappa shape index (κ2) is 5.48. The zero-order valence-electron chi connectivity index (χ0n) is 10.9. The highest BCUT2D eigenvalue weighted by Crippen LogP contribution is 2.22. The maximum Gasteiger partial charge on any atom is 0.0223 e. The Morgan fingerprint density at radius 3 is 2.69 bits per heavy atom. The van der Waals surface area contributed by atoms with Crippen molar-refractivity contribution in [1.82, 2.24) is 9.80 Å². The van der Waals surface area contributed by atoms with Crippen molar-refractivity contribution in [2.45, 2.75) is 45.2 Å². The Morgan fingerprint density at radius 2 is 2.00 bits per heavy atom. The van der Waals surface area contributed by atoms with Crippen LogP contribution in [0, 0.1) is 5.92 Å². The van der Waals surface area contributed by atoms with Crippen molar-refractivity contribution in [2.24, 2.45) is 11.7 Å². The summed E-state index contributed by atoms with van der Waals surface area (Å²) in [7, 11) is 0. The average Bonchev–Trinajstić information content (AvgIpc) is 2.33. The van der Waals surface area contributed by atoms with E-state index < -0.39 is 0 Å². The van der Waals surface area contributed by atoms with E-state index in [-0.39, 0.29) is 0 Å². The van der Waals surface area contributed by atoms with Crippen LogP contribution in [0.2, 0.25) is 0 Å². The van der Waals surface area contributed by atoms with Crippen molar-refractivity contribution in [3.63, 3.8) is 0 Å². The maximum absolute atomic E-state index is 6.09. The van der Waals surface area contributed by atoms with Gasteiger partial charge < -0.3 is 10.6 Å². The molecule has 94 valence electrons. The molecule has 2 saturated heterocycles. The minimum Gasteiger partial charge on any atom is -0.327 e. The summed E-state index contributed by atoms with van der Waals surface area (Å²) in [5.41, 5.74) is 6.09. The van der Waals surface area contributed by atoms with Gasteiger partial charge in [0.1, 0.15) is 0 Å². The molecule has 2 heterocycles. The van der Waals surface area contributed by atoms with Crippen LogP contribution in [0.3, 0.4) is 0 Å². The summed E-state index contributed by atoms with van der Waals surface area (Å²) in [5.74, 6) is 0.672. The number of nitrogens with zero attached hydrogens (tertiary/aromatic N) is 2. The van der Waals surface area contributed by atoms with Gasteiger partial charge in [0.2, 0.25) is 0 Å². The number of hydrogen-bond donors (Lipinski definition) is 1. The molecule has 2 fully saturated rings. The third-order valence-electron chi connectivity index (χ3n) is 4.45. The van der Waals surface area contributed by atoms with Crippen molar-refractivity contribution >= 4 is 0 Å². The highest BCUT2D eigenvalue weighted by atomic mass is 15.2. The highest BCUT2D eigenvalue weighted by molar-refractivity contribution is 4.87. The van der Waals surface area contributed by atoms with E-state index in [0.29, 0.717) is 12.0 Å². The first kappa shape index (κ1) is 12.3. The van der Waals surface area contributed by atoms with E-state index in [4.69, 9.17) is 5.73 Å². The van der Waals surface area contributed by atoms with Gasteiger partial charge in [0, 0.05) is 25.2 Å². The summed E-state index contributed by atoms with van der Waals surface area (Å²) < 4.78 is 0. The molecule has 2 N–H and O–H groups in total. The molecule has 0 saturated carbocycles. The van der Waals surface area contributed by atoms with Gasteiger partial charge in [0.25, 0.3) is 0 Å². The average molecular weight is 225 g/mol. The number of hydrogen-bond acceptors (Lipinski definition) is 3. The Hall–Kier alpha value is -0.120. The summed E-state index contributed by atoms with van der Waals surface area (Å²) >= 11 is 0. The summed E-state index contributed by atoms with van der Waals surface area (Å²) in [4.78, 5) is 5.28. The third-order valence-corrected chi connectivity index (χ3v) is 4.45. The van der Waals surface area contributed by atoms with Crippen LogP contribution in [0.4, 0.5) is 0 Å². The van der Waals surface area contributed by atoms with Gasteiger partial charge in [-0.15, -0.1) is 0 Å². The fourth-order valence-electron chi connectivity index (χ4n) is 3.14. The predicted octanol–water partition coefficient (Wildman–Crippen LogP) is 1.14. The second-order valence-electron chi connectivity index (χ2n) is 5.61. The van der Waals surface area contributed by atoms with Crippen molar-refractivity contribution in [2.75, 3.05) is 32.7 Å². The predicted molar refractivity (Wildman–Crippen MR) is 68.5 cm³/mol. The van der Waals surface area contributed by atoms with Gasteiger partial charge in [-0.2, -0.15) is 0 Å². The van der Waals surface area contributed by atoms with E-state index in [1.807, 2.05) is 0 Å². The van der Waals surface area contributed by atoms with Gasteiger partial charge in [0.15, 0.2) is 0 Å². The van der Waals surface area contributed by atoms with Crippen molar-refractivity contribution in [3.05, 3.63) is 0 Å². The zero-order valence-corrected chi connectivity index (χ0v) is 10.9. The summed E-state index contributed by atoms with van der Waals surface area (Å²) in [6.07, 6.45) is 3.94. The molecule has 3 heteroatoms. The van der Waals surface area contributed by atoms with Gasteiger partial charge in [-0.25, -0.2) is 0 Å². The third kappa shape index (κ3) is 2.76. The normalized spacial score (nSPS) is 38.8. The lowest BCUT2D eigenvalue weighted by Crippen LogP contribution is -2.54. The van der Waals surface area contributed by atoms with Crippen LogP contribution in [0.1, 0.15) is 33.1 Å². The van der Waals surface area contributed by atoms with Gasteiger partial charge in [0.05, 0.1) is 0 Å². The Bertz CT molecular complexity index is 215. The first-order valence-electron chi connectivity index (χ1n) is 6.92. The van der Waals surface area contributed by atoms with Gasteiger partial charge in [-0.05, 0) is 44.8 Å². The van der Waals surface area contributed by atoms with Crippen LogP contribution < -0.4 is 5.73 Å². The van der Waals surface area contributed by atoms with Crippen molar-refractivity contribution in [3.8, 4) is 0 Å². The molecule has 2 aliphatic heterocycles. The molecule has 0 radical (unpaired) electrons. The number of likely N-dealkylation sites (N-methyl/N-ethyl adjacent to an activating group) is 1. The Labute approximate surface area is 100.0 Å². The molecule has 0 spiro atoms. The van der Waals surface area contributed by atoms with E-state index >= 15 is 0 Å². The molecule has 2 aliphatic rings. The number of nitrogens with two attached hydrogens (primary N) is 1. The first-order chi connectivity index (χ1) is 7.70. The number of piperidine rings is 2. The van der Waals surface area contributed by atoms with E-state index in [0.717, 1.165) is 6.04 Å². The van der Waals surface area contributed by atoms with Crippen LogP contribution >= 0.6 is 0 Å². The maximum atomic E-state index is 6.09. The van der Waals surface area contributed by atoms with E-state index in [2.05, 4.69) is 23.6 Å². The molecule has 0 amide bonds.